The van der Waals surface area contributed by atoms with Gasteiger partial charge >= 0.3 is 0 Å². The Labute approximate surface area is 164 Å². The Morgan fingerprint density at radius 1 is 1.25 bits per heavy atom. The predicted octanol–water partition coefficient (Wildman–Crippen LogP) is 2.32. The van der Waals surface area contributed by atoms with Gasteiger partial charge in [-0.2, -0.15) is 5.10 Å². The molecule has 0 saturated heterocycles. The summed E-state index contributed by atoms with van der Waals surface area (Å²) in [7, 11) is 0. The Kier molecular flexibility index (Phi) is 6.15. The number of thiazole rings is 1. The van der Waals surface area contributed by atoms with Crippen molar-refractivity contribution < 1.29 is 13.9 Å². The fourth-order valence-corrected chi connectivity index (χ4v) is 3.44. The molecular formula is C19H19FN4O3S. The van der Waals surface area contributed by atoms with Crippen LogP contribution in [0.2, 0.25) is 0 Å². The third-order valence-corrected chi connectivity index (χ3v) is 4.94. The van der Waals surface area contributed by atoms with Crippen molar-refractivity contribution in [1.29, 1.82) is 0 Å². The van der Waals surface area contributed by atoms with Gasteiger partial charge in [-0.25, -0.2) is 14.1 Å². The summed E-state index contributed by atoms with van der Waals surface area (Å²) in [5.41, 5.74) is 1.26. The summed E-state index contributed by atoms with van der Waals surface area (Å²) < 4.78 is 19.9. The number of para-hydroxylation sites is 1. The van der Waals surface area contributed by atoms with E-state index in [1.807, 2.05) is 13.8 Å². The van der Waals surface area contributed by atoms with E-state index in [4.69, 9.17) is 4.74 Å². The molecule has 9 heteroatoms. The van der Waals surface area contributed by atoms with Crippen LogP contribution in [0.1, 0.15) is 10.7 Å². The van der Waals surface area contributed by atoms with Crippen LogP contribution in [0, 0.1) is 19.7 Å². The number of carbonyl (C=O) groups is 1. The molecule has 1 aromatic carbocycles. The van der Waals surface area contributed by atoms with E-state index in [-0.39, 0.29) is 31.0 Å². The summed E-state index contributed by atoms with van der Waals surface area (Å²) in [5.74, 6) is -0.934. The molecule has 3 rings (SSSR count). The maximum Gasteiger partial charge on any atom is 0.266 e. The summed E-state index contributed by atoms with van der Waals surface area (Å²) >= 11 is 1.51. The number of aryl methyl sites for hydroxylation is 2. The van der Waals surface area contributed by atoms with Crippen molar-refractivity contribution in [2.24, 2.45) is 0 Å². The number of amides is 1. The van der Waals surface area contributed by atoms with Gasteiger partial charge in [-0.05, 0) is 32.0 Å². The normalized spacial score (nSPS) is 10.7. The second-order valence-corrected chi connectivity index (χ2v) is 7.20. The highest BCUT2D eigenvalue weighted by atomic mass is 32.1. The van der Waals surface area contributed by atoms with Gasteiger partial charge in [-0.15, -0.1) is 11.3 Å². The molecule has 1 amide bonds. The maximum absolute atomic E-state index is 13.5. The fourth-order valence-electron chi connectivity index (χ4n) is 2.56. The lowest BCUT2D eigenvalue weighted by molar-refractivity contribution is -0.123. The first-order valence-electron chi connectivity index (χ1n) is 8.60. The van der Waals surface area contributed by atoms with Gasteiger partial charge in [0.15, 0.2) is 18.2 Å². The number of aromatic nitrogens is 3. The van der Waals surface area contributed by atoms with Gasteiger partial charge in [0.25, 0.3) is 11.5 Å². The minimum atomic E-state index is -0.531. The van der Waals surface area contributed by atoms with Crippen LogP contribution in [0.5, 0.6) is 5.75 Å². The molecule has 0 bridgehead atoms. The number of nitrogens with zero attached hydrogens (tertiary/aromatic N) is 3. The van der Waals surface area contributed by atoms with Gasteiger partial charge in [0.1, 0.15) is 5.69 Å². The second kappa shape index (κ2) is 8.75. The summed E-state index contributed by atoms with van der Waals surface area (Å²) in [4.78, 5) is 29.2. The molecule has 146 valence electrons. The first-order chi connectivity index (χ1) is 13.4. The minimum Gasteiger partial charge on any atom is -0.481 e. The van der Waals surface area contributed by atoms with E-state index in [1.165, 1.54) is 40.3 Å². The molecule has 0 saturated carbocycles. The fraction of sp³-hybridized carbons (Fsp3) is 0.263. The Balaban J connectivity index is 1.56. The zero-order chi connectivity index (χ0) is 20.1. The van der Waals surface area contributed by atoms with Gasteiger partial charge < -0.3 is 10.1 Å². The summed E-state index contributed by atoms with van der Waals surface area (Å²) in [5, 5.41) is 7.91. The van der Waals surface area contributed by atoms with Gasteiger partial charge in [0.05, 0.1) is 22.1 Å². The highest BCUT2D eigenvalue weighted by Crippen LogP contribution is 2.27. The molecule has 0 aliphatic heterocycles. The van der Waals surface area contributed by atoms with E-state index in [1.54, 1.807) is 12.1 Å². The molecule has 0 aliphatic carbocycles. The number of rotatable bonds is 7. The molecule has 7 nitrogen and oxygen atoms in total. The summed E-state index contributed by atoms with van der Waals surface area (Å²) in [6.45, 7) is 3.88. The van der Waals surface area contributed by atoms with Crippen LogP contribution in [0.15, 0.2) is 41.2 Å². The third kappa shape index (κ3) is 4.80. The molecule has 1 N–H and O–H groups in total. The lowest BCUT2D eigenvalue weighted by atomic mass is 10.3. The topological polar surface area (TPSA) is 86.1 Å². The van der Waals surface area contributed by atoms with Crippen LogP contribution < -0.4 is 15.6 Å². The molecule has 0 spiro atoms. The van der Waals surface area contributed by atoms with Crippen molar-refractivity contribution in [1.82, 2.24) is 20.1 Å². The van der Waals surface area contributed by atoms with Gasteiger partial charge in [-0.1, -0.05) is 12.1 Å². The average molecular weight is 402 g/mol. The Hall–Kier alpha value is -3.07. The first-order valence-corrected chi connectivity index (χ1v) is 9.42. The molecule has 3 aromatic rings. The average Bonchev–Trinajstić information content (AvgIpc) is 3.01. The van der Waals surface area contributed by atoms with Gasteiger partial charge in [0.2, 0.25) is 0 Å². The second-order valence-electron chi connectivity index (χ2n) is 6.00. The van der Waals surface area contributed by atoms with Crippen LogP contribution in [-0.2, 0) is 11.3 Å². The third-order valence-electron chi connectivity index (χ3n) is 3.84. The van der Waals surface area contributed by atoms with Crippen LogP contribution in [0.3, 0.4) is 0 Å². The van der Waals surface area contributed by atoms with E-state index in [9.17, 15) is 14.0 Å². The number of ether oxygens (including phenoxy) is 1. The van der Waals surface area contributed by atoms with E-state index in [0.29, 0.717) is 5.69 Å². The summed E-state index contributed by atoms with van der Waals surface area (Å²) in [6.07, 6.45) is 0. The first kappa shape index (κ1) is 19.7. The number of carbonyl (C=O) groups excluding carboxylic acids is 1. The largest absolute Gasteiger partial charge is 0.481 e. The Morgan fingerprint density at radius 2 is 2.04 bits per heavy atom. The van der Waals surface area contributed by atoms with Crippen LogP contribution in [-0.4, -0.2) is 33.8 Å². The molecule has 0 aliphatic rings. The van der Waals surface area contributed by atoms with Crippen molar-refractivity contribution in [2.75, 3.05) is 13.2 Å². The van der Waals surface area contributed by atoms with Crippen LogP contribution >= 0.6 is 11.3 Å². The van der Waals surface area contributed by atoms with Gasteiger partial charge in [-0.3, -0.25) is 9.59 Å². The van der Waals surface area contributed by atoms with E-state index in [2.05, 4.69) is 15.4 Å². The number of hydrogen-bond acceptors (Lipinski definition) is 6. The minimum absolute atomic E-state index is 0.0125. The predicted molar refractivity (Wildman–Crippen MR) is 104 cm³/mol. The molecule has 0 fully saturated rings. The molecule has 2 aromatic heterocycles. The molecule has 0 atom stereocenters. The standard InChI is InChI=1S/C19H19FN4O3S/c1-12-19(28-13(2)22-12)15-7-8-18(26)24(23-15)10-9-21-17(25)11-27-16-6-4-3-5-14(16)20/h3-8H,9-11H2,1-2H3,(H,21,25). The Morgan fingerprint density at radius 3 is 2.75 bits per heavy atom. The van der Waals surface area contributed by atoms with Crippen molar-refractivity contribution in [3.63, 3.8) is 0 Å². The quantitative estimate of drug-likeness (QED) is 0.656. The molecule has 28 heavy (non-hydrogen) atoms. The number of nitrogens with one attached hydrogen (secondary N) is 1. The Bertz CT molecular complexity index is 1050. The lowest BCUT2D eigenvalue weighted by Gasteiger charge is -2.09. The molecule has 2 heterocycles. The monoisotopic (exact) mass is 402 g/mol. The molecule has 0 unspecified atom stereocenters. The zero-order valence-electron chi connectivity index (χ0n) is 15.4. The SMILES string of the molecule is Cc1nc(C)c(-c2ccc(=O)n(CCNC(=O)COc3ccccc3F)n2)s1. The number of hydrogen-bond donors (Lipinski definition) is 1. The summed E-state index contributed by atoms with van der Waals surface area (Å²) in [6, 6.07) is 8.97. The van der Waals surface area contributed by atoms with Crippen LogP contribution in [0.25, 0.3) is 10.6 Å². The smallest absolute Gasteiger partial charge is 0.266 e. The van der Waals surface area contributed by atoms with E-state index in [0.717, 1.165) is 15.6 Å². The van der Waals surface area contributed by atoms with Gasteiger partial charge in [0, 0.05) is 12.6 Å². The van der Waals surface area contributed by atoms with E-state index >= 15 is 0 Å². The highest BCUT2D eigenvalue weighted by molar-refractivity contribution is 7.15. The highest BCUT2D eigenvalue weighted by Gasteiger charge is 2.11. The number of halogens is 1. The maximum atomic E-state index is 13.5. The van der Waals surface area contributed by atoms with Crippen molar-refractivity contribution >= 4 is 17.2 Å². The van der Waals surface area contributed by atoms with Crippen molar-refractivity contribution in [3.05, 3.63) is 63.3 Å². The van der Waals surface area contributed by atoms with Crippen LogP contribution in [0.4, 0.5) is 4.39 Å². The van der Waals surface area contributed by atoms with E-state index < -0.39 is 11.7 Å². The van der Waals surface area contributed by atoms with Crippen molar-refractivity contribution in [2.45, 2.75) is 20.4 Å². The molecule has 0 radical (unpaired) electrons. The molecular weight excluding hydrogens is 383 g/mol. The zero-order valence-corrected chi connectivity index (χ0v) is 16.3. The number of benzene rings is 1. The lowest BCUT2D eigenvalue weighted by Crippen LogP contribution is -2.34. The van der Waals surface area contributed by atoms with Crippen molar-refractivity contribution in [3.8, 4) is 16.3 Å².